The zero-order chi connectivity index (χ0) is 20.7. The molecule has 0 fully saturated rings. The monoisotopic (exact) mass is 398 g/mol. The molecule has 148 valence electrons. The van der Waals surface area contributed by atoms with Crippen molar-refractivity contribution in [2.45, 2.75) is 13.5 Å². The third-order valence-corrected chi connectivity index (χ3v) is 5.06. The van der Waals surface area contributed by atoms with Gasteiger partial charge in [0.05, 0.1) is 6.54 Å². The Morgan fingerprint density at radius 1 is 0.867 bits per heavy atom. The molecule has 5 aromatic rings. The molecule has 30 heavy (non-hydrogen) atoms. The van der Waals surface area contributed by atoms with Crippen LogP contribution in [-0.2, 0) is 6.54 Å². The summed E-state index contributed by atoms with van der Waals surface area (Å²) in [5.41, 5.74) is 17.3. The predicted molar refractivity (Wildman–Crippen MR) is 113 cm³/mol. The van der Waals surface area contributed by atoms with Crippen LogP contribution in [-0.4, -0.2) is 40.4 Å². The Morgan fingerprint density at radius 2 is 1.57 bits per heavy atom. The van der Waals surface area contributed by atoms with Gasteiger partial charge in [0, 0.05) is 5.56 Å². The molecule has 2 aromatic carbocycles. The van der Waals surface area contributed by atoms with E-state index in [9.17, 15) is 0 Å². The number of H-pyrrole nitrogens is 1. The largest absolute Gasteiger partial charge is 0.380 e. The molecule has 0 aliphatic rings. The molecule has 0 aliphatic carbocycles. The van der Waals surface area contributed by atoms with Crippen LogP contribution in [0.25, 0.3) is 33.5 Å². The van der Waals surface area contributed by atoms with Gasteiger partial charge in [-0.1, -0.05) is 48.5 Å². The van der Waals surface area contributed by atoms with Crippen molar-refractivity contribution in [1.82, 2.24) is 40.4 Å². The number of aromatic amines is 1. The Morgan fingerprint density at radius 3 is 2.33 bits per heavy atom. The third kappa shape index (κ3) is 2.82. The second kappa shape index (κ2) is 6.92. The van der Waals surface area contributed by atoms with Crippen LogP contribution in [0, 0.1) is 6.92 Å². The van der Waals surface area contributed by atoms with E-state index in [1.54, 1.807) is 0 Å². The number of benzene rings is 2. The number of nitrogens with two attached hydrogens (primary N) is 2. The zero-order valence-corrected chi connectivity index (χ0v) is 16.1. The summed E-state index contributed by atoms with van der Waals surface area (Å²) in [6.07, 6.45) is 0. The van der Waals surface area contributed by atoms with Crippen molar-refractivity contribution in [2.75, 3.05) is 11.5 Å². The van der Waals surface area contributed by atoms with E-state index in [1.807, 2.05) is 47.9 Å². The van der Waals surface area contributed by atoms with Gasteiger partial charge in [0.2, 0.25) is 5.82 Å². The van der Waals surface area contributed by atoms with Crippen LogP contribution < -0.4 is 11.5 Å². The molecular formula is C20H18N10. The molecule has 10 nitrogen and oxygen atoms in total. The minimum absolute atomic E-state index is 0.261. The third-order valence-electron chi connectivity index (χ3n) is 5.06. The Bertz CT molecular complexity index is 1350. The fourth-order valence-corrected chi connectivity index (χ4v) is 3.68. The molecule has 10 heteroatoms. The molecule has 0 unspecified atom stereocenters. The maximum absolute atomic E-state index is 6.11. The zero-order valence-electron chi connectivity index (χ0n) is 16.1. The van der Waals surface area contributed by atoms with E-state index in [2.05, 4.69) is 47.9 Å². The molecule has 0 radical (unpaired) electrons. The van der Waals surface area contributed by atoms with Gasteiger partial charge in [0.15, 0.2) is 11.6 Å². The van der Waals surface area contributed by atoms with Crippen LogP contribution in [0.15, 0.2) is 48.5 Å². The highest BCUT2D eigenvalue weighted by atomic mass is 15.5. The Balaban J connectivity index is 1.67. The van der Waals surface area contributed by atoms with Crippen molar-refractivity contribution >= 4 is 22.7 Å². The quantitative estimate of drug-likeness (QED) is 0.417. The number of hydrogen-bond donors (Lipinski definition) is 3. The first kappa shape index (κ1) is 17.7. The highest BCUT2D eigenvalue weighted by Crippen LogP contribution is 2.33. The number of anilines is 2. The average Bonchev–Trinajstić information content (AvgIpc) is 3.41. The lowest BCUT2D eigenvalue weighted by molar-refractivity contribution is 0.786. The second-order valence-corrected chi connectivity index (χ2v) is 6.85. The van der Waals surface area contributed by atoms with Gasteiger partial charge in [-0.2, -0.15) is 5.21 Å². The van der Waals surface area contributed by atoms with Crippen molar-refractivity contribution in [3.63, 3.8) is 0 Å². The van der Waals surface area contributed by atoms with Gasteiger partial charge in [0.25, 0.3) is 0 Å². The highest BCUT2D eigenvalue weighted by molar-refractivity contribution is 5.92. The van der Waals surface area contributed by atoms with Crippen molar-refractivity contribution in [3.05, 3.63) is 59.9 Å². The van der Waals surface area contributed by atoms with Crippen LogP contribution in [0.5, 0.6) is 0 Å². The molecular weight excluding hydrogens is 380 g/mol. The average molecular weight is 398 g/mol. The lowest BCUT2D eigenvalue weighted by Crippen LogP contribution is -2.07. The summed E-state index contributed by atoms with van der Waals surface area (Å²) in [5, 5.41) is 22.3. The number of imidazole rings is 1. The van der Waals surface area contributed by atoms with Gasteiger partial charge < -0.3 is 16.0 Å². The fourth-order valence-electron chi connectivity index (χ4n) is 3.68. The van der Waals surface area contributed by atoms with E-state index in [0.29, 0.717) is 29.2 Å². The summed E-state index contributed by atoms with van der Waals surface area (Å²) in [6.45, 7) is 2.45. The van der Waals surface area contributed by atoms with Crippen LogP contribution in [0.3, 0.4) is 0 Å². The van der Waals surface area contributed by atoms with Gasteiger partial charge in [-0.3, -0.25) is 0 Å². The minimum atomic E-state index is 0.261. The van der Waals surface area contributed by atoms with E-state index in [4.69, 9.17) is 11.5 Å². The summed E-state index contributed by atoms with van der Waals surface area (Å²) in [5.74, 6) is 1.87. The molecule has 3 aromatic heterocycles. The molecule has 5 N–H and O–H groups in total. The molecule has 3 heterocycles. The number of fused-ring (bicyclic) bond motifs is 1. The maximum Gasteiger partial charge on any atom is 0.205 e. The number of nitrogen functional groups attached to an aromatic ring is 2. The molecule has 0 amide bonds. The Kier molecular flexibility index (Phi) is 4.09. The van der Waals surface area contributed by atoms with Crippen LogP contribution in [0.2, 0.25) is 0 Å². The lowest BCUT2D eigenvalue weighted by Gasteiger charge is -2.14. The van der Waals surface area contributed by atoms with Crippen LogP contribution in [0.1, 0.15) is 11.4 Å². The van der Waals surface area contributed by atoms with Crippen LogP contribution >= 0.6 is 0 Å². The molecule has 0 aliphatic heterocycles. The summed E-state index contributed by atoms with van der Waals surface area (Å²) in [6, 6.07) is 16.1. The van der Waals surface area contributed by atoms with E-state index in [-0.39, 0.29) is 5.82 Å². The number of hydrogen-bond acceptors (Lipinski definition) is 8. The van der Waals surface area contributed by atoms with Crippen molar-refractivity contribution in [3.8, 4) is 22.5 Å². The van der Waals surface area contributed by atoms with Gasteiger partial charge in [-0.25, -0.2) is 4.98 Å². The smallest absolute Gasteiger partial charge is 0.205 e. The van der Waals surface area contributed by atoms with E-state index in [1.165, 1.54) is 0 Å². The Hall–Kier alpha value is -4.34. The molecule has 0 bridgehead atoms. The SMILES string of the molecule is Cc1nc2c(N)nnc(N)c2n1Cc1ccccc1-c1ccccc1-c1nn[nH]n1. The molecule has 0 saturated heterocycles. The van der Waals surface area contributed by atoms with Crippen molar-refractivity contribution in [1.29, 1.82) is 0 Å². The summed E-state index contributed by atoms with van der Waals surface area (Å²) >= 11 is 0. The van der Waals surface area contributed by atoms with Gasteiger partial charge in [-0.15, -0.1) is 20.4 Å². The van der Waals surface area contributed by atoms with Crippen molar-refractivity contribution in [2.24, 2.45) is 0 Å². The second-order valence-electron chi connectivity index (χ2n) is 6.85. The van der Waals surface area contributed by atoms with E-state index in [0.717, 1.165) is 28.1 Å². The van der Waals surface area contributed by atoms with Crippen LogP contribution in [0.4, 0.5) is 11.6 Å². The predicted octanol–water partition coefficient (Wildman–Crippen LogP) is 2.19. The molecule has 0 atom stereocenters. The highest BCUT2D eigenvalue weighted by Gasteiger charge is 2.18. The number of aryl methyl sites for hydroxylation is 1. The van der Waals surface area contributed by atoms with Gasteiger partial charge >= 0.3 is 0 Å². The number of aromatic nitrogens is 8. The number of rotatable bonds is 4. The molecule has 0 saturated carbocycles. The van der Waals surface area contributed by atoms with Crippen molar-refractivity contribution < 1.29 is 0 Å². The first-order valence-electron chi connectivity index (χ1n) is 9.29. The normalized spacial score (nSPS) is 11.2. The lowest BCUT2D eigenvalue weighted by atomic mass is 9.95. The first-order chi connectivity index (χ1) is 14.6. The Labute approximate surface area is 171 Å². The summed E-state index contributed by atoms with van der Waals surface area (Å²) in [4.78, 5) is 4.55. The minimum Gasteiger partial charge on any atom is -0.380 e. The standard InChI is InChI=1S/C20H18N10/c1-11-23-16-17(19(22)25-24-18(16)21)30(11)10-12-6-2-3-7-13(12)14-8-4-5-9-15(14)20-26-28-29-27-20/h2-9H,10H2,1H3,(H2,21,24)(H2,22,25)(H,26,27,28,29). The number of nitrogens with zero attached hydrogens (tertiary/aromatic N) is 7. The fraction of sp³-hybridized carbons (Fsp3) is 0.100. The summed E-state index contributed by atoms with van der Waals surface area (Å²) < 4.78 is 2.01. The van der Waals surface area contributed by atoms with Gasteiger partial charge in [-0.05, 0) is 28.8 Å². The van der Waals surface area contributed by atoms with E-state index < -0.39 is 0 Å². The van der Waals surface area contributed by atoms with E-state index >= 15 is 0 Å². The number of nitrogens with one attached hydrogen (secondary N) is 1. The maximum atomic E-state index is 6.11. The first-order valence-corrected chi connectivity index (χ1v) is 9.29. The number of tetrazole rings is 1. The molecule has 0 spiro atoms. The van der Waals surface area contributed by atoms with Gasteiger partial charge in [0.1, 0.15) is 16.9 Å². The topological polar surface area (TPSA) is 150 Å². The summed E-state index contributed by atoms with van der Waals surface area (Å²) in [7, 11) is 0. The molecule has 5 rings (SSSR count).